The van der Waals surface area contributed by atoms with E-state index in [0.717, 1.165) is 14.6 Å². The van der Waals surface area contributed by atoms with E-state index >= 15 is 0 Å². The van der Waals surface area contributed by atoms with Crippen LogP contribution in [-0.4, -0.2) is 0 Å². The van der Waals surface area contributed by atoms with Crippen LogP contribution < -0.4 is 24.8 Å². The summed E-state index contributed by atoms with van der Waals surface area (Å²) >= 11 is -4.40. The Morgan fingerprint density at radius 2 is 0.773 bits per heavy atom. The van der Waals surface area contributed by atoms with Crippen molar-refractivity contribution in [3.8, 4) is 0 Å². The predicted octanol–water partition coefficient (Wildman–Crippen LogP) is 5.06. The Morgan fingerprint density at radius 1 is 0.432 bits per heavy atom. The minimum atomic E-state index is -2.27. The molecular weight excluding hydrogens is 821 g/mol. The fourth-order valence-electron chi connectivity index (χ4n) is 8.92. The van der Waals surface area contributed by atoms with E-state index in [1.807, 2.05) is 0 Å². The summed E-state index contributed by atoms with van der Waals surface area (Å²) in [6.45, 7) is 0. The number of hydrogen-bond donors (Lipinski definition) is 0. The molecular formula is C40H36Cl2HfZr. The fraction of sp³-hybridized carbons (Fsp3) is 0.200. The second kappa shape index (κ2) is 12.1. The van der Waals surface area contributed by atoms with E-state index in [1.165, 1.54) is 22.3 Å². The van der Waals surface area contributed by atoms with Gasteiger partial charge in [-0.2, -0.15) is 0 Å². The van der Waals surface area contributed by atoms with Crippen molar-refractivity contribution in [1.82, 2.24) is 0 Å². The Bertz CT molecular complexity index is 1580. The Hall–Kier alpha value is -1.83. The van der Waals surface area contributed by atoms with Crippen molar-refractivity contribution in [2.24, 2.45) is 0 Å². The Labute approximate surface area is 283 Å². The molecule has 2 saturated heterocycles. The van der Waals surface area contributed by atoms with Crippen molar-refractivity contribution in [3.05, 3.63) is 166 Å². The van der Waals surface area contributed by atoms with Crippen molar-refractivity contribution < 1.29 is 65.0 Å². The first-order chi connectivity index (χ1) is 20.8. The van der Waals surface area contributed by atoms with Crippen LogP contribution in [0.25, 0.3) is 24.3 Å². The van der Waals surface area contributed by atoms with Gasteiger partial charge in [0.15, 0.2) is 0 Å². The van der Waals surface area contributed by atoms with Crippen LogP contribution in [0.4, 0.5) is 0 Å². The van der Waals surface area contributed by atoms with Crippen molar-refractivity contribution in [1.29, 1.82) is 0 Å². The quantitative estimate of drug-likeness (QED) is 0.252. The normalized spacial score (nSPS) is 24.7. The van der Waals surface area contributed by atoms with Gasteiger partial charge in [-0.05, 0) is 0 Å². The summed E-state index contributed by atoms with van der Waals surface area (Å²) in [5.41, 5.74) is 12.4. The molecule has 0 amide bonds. The van der Waals surface area contributed by atoms with E-state index in [1.54, 1.807) is 38.9 Å². The summed E-state index contributed by atoms with van der Waals surface area (Å²) < 4.78 is 9.49. The topological polar surface area (TPSA) is 0 Å². The average Bonchev–Trinajstić information content (AvgIpc) is 3.73. The predicted molar refractivity (Wildman–Crippen MR) is 172 cm³/mol. The van der Waals surface area contributed by atoms with Gasteiger partial charge in [-0.15, -0.1) is 0 Å². The summed E-state index contributed by atoms with van der Waals surface area (Å²) in [7, 11) is 0. The number of benzene rings is 4. The molecule has 4 aromatic rings. The van der Waals surface area contributed by atoms with Gasteiger partial charge in [0.05, 0.1) is 0 Å². The van der Waals surface area contributed by atoms with E-state index in [-0.39, 0.29) is 24.8 Å². The minimum absolute atomic E-state index is 0. The third kappa shape index (κ3) is 4.90. The van der Waals surface area contributed by atoms with Gasteiger partial charge in [-0.1, -0.05) is 0 Å². The molecule has 4 aromatic carbocycles. The molecule has 6 aliphatic rings. The summed E-state index contributed by atoms with van der Waals surface area (Å²) in [6.07, 6.45) is 19.7. The fourth-order valence-corrected chi connectivity index (χ4v) is 49.7. The maximum absolute atomic E-state index is 2.55. The van der Waals surface area contributed by atoms with Gasteiger partial charge in [0.1, 0.15) is 0 Å². The summed E-state index contributed by atoms with van der Waals surface area (Å²) in [5, 5.41) is 0. The molecule has 44 heavy (non-hydrogen) atoms. The van der Waals surface area contributed by atoms with Crippen LogP contribution >= 0.6 is 0 Å². The van der Waals surface area contributed by atoms with Gasteiger partial charge >= 0.3 is 262 Å². The molecule has 4 aliphatic carbocycles. The van der Waals surface area contributed by atoms with Gasteiger partial charge in [-0.3, -0.25) is 0 Å². The van der Waals surface area contributed by atoms with Crippen LogP contribution in [0.1, 0.15) is 59.1 Å². The zero-order valence-corrected chi connectivity index (χ0v) is 32.3. The van der Waals surface area contributed by atoms with Crippen molar-refractivity contribution in [2.45, 2.75) is 31.2 Å². The molecule has 2 aliphatic heterocycles. The molecule has 4 unspecified atom stereocenters. The smallest absolute Gasteiger partial charge is 1.00 e. The molecule has 0 spiro atoms. The number of hydrogen-bond acceptors (Lipinski definition) is 0. The molecule has 4 atom stereocenters. The van der Waals surface area contributed by atoms with E-state index in [2.05, 4.69) is 146 Å². The molecule has 10 rings (SSSR count). The first-order valence-corrected chi connectivity index (χ1v) is 31.4. The second-order valence-corrected chi connectivity index (χ2v) is 41.8. The van der Waals surface area contributed by atoms with Crippen LogP contribution in [0.5, 0.6) is 0 Å². The van der Waals surface area contributed by atoms with Gasteiger partial charge in [0, 0.05) is 0 Å². The van der Waals surface area contributed by atoms with Crippen LogP contribution in [0.15, 0.2) is 121 Å². The SMILES string of the molecule is C1=C[CH]([Hf+2]2([CH]3C=Cc4ccccc43)[CH2][CH2]2)c2ccccc21.C1=C[CH]([Zr]2([CH]3C=Cc4ccccc43)[CH2][CH2]2)c2ccccc21.[Cl-].[Cl-]. The molecule has 0 nitrogen and oxygen atoms in total. The molecule has 0 radical (unpaired) electrons. The van der Waals surface area contributed by atoms with Crippen molar-refractivity contribution in [3.63, 3.8) is 0 Å². The average molecular weight is 857 g/mol. The van der Waals surface area contributed by atoms with E-state index in [0.29, 0.717) is 0 Å². The monoisotopic (exact) mass is 856 g/mol. The molecule has 0 aromatic heterocycles. The van der Waals surface area contributed by atoms with E-state index in [4.69, 9.17) is 0 Å². The number of fused-ring (bicyclic) bond motifs is 4. The summed E-state index contributed by atoms with van der Waals surface area (Å²) in [5.74, 6) is 0. The first kappa shape index (κ1) is 30.8. The van der Waals surface area contributed by atoms with Crippen LogP contribution in [-0.2, 0) is 40.2 Å². The first-order valence-electron chi connectivity index (χ1n) is 15.9. The van der Waals surface area contributed by atoms with Crippen molar-refractivity contribution in [2.75, 3.05) is 0 Å². The van der Waals surface area contributed by atoms with Gasteiger partial charge in [-0.25, -0.2) is 0 Å². The third-order valence-electron chi connectivity index (χ3n) is 11.3. The molecule has 2 heterocycles. The number of allylic oxidation sites excluding steroid dienone is 4. The molecule has 218 valence electrons. The third-order valence-corrected chi connectivity index (χ3v) is 42.4. The Balaban J connectivity index is 0.000000136. The molecule has 0 saturated carbocycles. The standard InChI is InChI=1S/4C9H7.2C2H4.2ClH.Hf.Zr/c4*1-2-5-9-7-3-6-8(9)4-1;2*1-2;;;;/h4*1-7H;2*1-2H2;2*1H;;/q;;;;;;;;+2;/p-2. The van der Waals surface area contributed by atoms with Crippen LogP contribution in [0.2, 0.25) is 16.6 Å². The van der Waals surface area contributed by atoms with Crippen LogP contribution in [0, 0.1) is 0 Å². The van der Waals surface area contributed by atoms with E-state index in [9.17, 15) is 0 Å². The second-order valence-electron chi connectivity index (χ2n) is 13.3. The van der Waals surface area contributed by atoms with E-state index < -0.39 is 40.2 Å². The van der Waals surface area contributed by atoms with Crippen molar-refractivity contribution >= 4 is 24.3 Å². The minimum Gasteiger partial charge on any atom is -1.00 e. The molecule has 2 fully saturated rings. The Morgan fingerprint density at radius 3 is 1.16 bits per heavy atom. The van der Waals surface area contributed by atoms with Gasteiger partial charge < -0.3 is 24.8 Å². The number of rotatable bonds is 4. The Kier molecular flexibility index (Phi) is 8.46. The summed E-state index contributed by atoms with van der Waals surface area (Å²) in [4.78, 5) is 0. The van der Waals surface area contributed by atoms with Crippen LogP contribution in [0.3, 0.4) is 0 Å². The zero-order valence-electron chi connectivity index (χ0n) is 24.8. The molecule has 4 heteroatoms. The molecule has 0 N–H and O–H groups in total. The summed E-state index contributed by atoms with van der Waals surface area (Å²) in [6, 6.07) is 36.2. The largest absolute Gasteiger partial charge is 1.00 e. The molecule has 0 bridgehead atoms. The van der Waals surface area contributed by atoms with Gasteiger partial charge in [0.25, 0.3) is 0 Å². The maximum Gasteiger partial charge on any atom is -1.00 e. The van der Waals surface area contributed by atoms with Gasteiger partial charge in [0.2, 0.25) is 0 Å². The number of halogens is 2. The zero-order chi connectivity index (χ0) is 27.7. The maximum atomic E-state index is 2.55.